The van der Waals surface area contributed by atoms with Gasteiger partial charge in [-0.3, -0.25) is 4.79 Å². The number of hydrogen-bond acceptors (Lipinski definition) is 4. The number of hydrogen-bond donors (Lipinski definition) is 2. The maximum absolute atomic E-state index is 12.4. The van der Waals surface area contributed by atoms with Gasteiger partial charge in [-0.1, -0.05) is 29.8 Å². The lowest BCUT2D eigenvalue weighted by molar-refractivity contribution is 0.102. The number of carbonyl (C=O) groups is 1. The third-order valence-electron chi connectivity index (χ3n) is 5.06. The van der Waals surface area contributed by atoms with Crippen LogP contribution in [0.25, 0.3) is 0 Å². The number of aryl methyl sites for hydroxylation is 3. The van der Waals surface area contributed by atoms with E-state index in [-0.39, 0.29) is 5.91 Å². The lowest BCUT2D eigenvalue weighted by atomic mass is 10.1. The molecule has 4 rings (SSSR count). The average molecular weight is 375 g/mol. The molecule has 0 fully saturated rings. The van der Waals surface area contributed by atoms with Crippen LogP contribution in [0.5, 0.6) is 0 Å². The summed E-state index contributed by atoms with van der Waals surface area (Å²) in [5.41, 5.74) is 3.75. The number of anilines is 1. The Labute approximate surface area is 165 Å². The molecule has 0 saturated heterocycles. The van der Waals surface area contributed by atoms with Crippen LogP contribution in [0.2, 0.25) is 0 Å². The van der Waals surface area contributed by atoms with E-state index in [2.05, 4.69) is 26.8 Å². The molecule has 1 aromatic heterocycles. The molecule has 1 unspecified atom stereocenters. The van der Waals surface area contributed by atoms with Crippen LogP contribution in [0.3, 0.4) is 0 Å². The van der Waals surface area contributed by atoms with Crippen molar-refractivity contribution in [3.63, 3.8) is 0 Å². The van der Waals surface area contributed by atoms with Gasteiger partial charge in [-0.05, 0) is 50.1 Å². The van der Waals surface area contributed by atoms with Gasteiger partial charge in [0.05, 0.1) is 6.54 Å². The van der Waals surface area contributed by atoms with E-state index in [9.17, 15) is 4.79 Å². The van der Waals surface area contributed by atoms with Crippen molar-refractivity contribution in [2.45, 2.75) is 45.8 Å². The van der Waals surface area contributed by atoms with Crippen molar-refractivity contribution in [2.24, 2.45) is 0 Å². The Morgan fingerprint density at radius 1 is 1.18 bits per heavy atom. The summed E-state index contributed by atoms with van der Waals surface area (Å²) in [7, 11) is 0. The molecule has 6 heteroatoms. The highest BCUT2D eigenvalue weighted by Crippen LogP contribution is 2.16. The Hall–Kier alpha value is -2.99. The molecule has 0 bridgehead atoms. The molecule has 144 valence electrons. The van der Waals surface area contributed by atoms with Gasteiger partial charge in [-0.15, -0.1) is 0 Å². The van der Waals surface area contributed by atoms with Crippen LogP contribution < -0.4 is 10.6 Å². The maximum atomic E-state index is 12.4. The fourth-order valence-electron chi connectivity index (χ4n) is 3.53. The molecule has 2 aromatic carbocycles. The lowest BCUT2D eigenvalue weighted by Gasteiger charge is -2.23. The zero-order valence-electron chi connectivity index (χ0n) is 16.3. The Balaban J connectivity index is 1.35. The Kier molecular flexibility index (Phi) is 5.21. The van der Waals surface area contributed by atoms with E-state index in [1.54, 1.807) is 0 Å². The first-order valence-electron chi connectivity index (χ1n) is 9.67. The highest BCUT2D eigenvalue weighted by atomic mass is 16.1. The molecule has 1 atom stereocenters. The first kappa shape index (κ1) is 18.4. The second-order valence-electron chi connectivity index (χ2n) is 7.39. The molecule has 28 heavy (non-hydrogen) atoms. The van der Waals surface area contributed by atoms with E-state index in [0.29, 0.717) is 11.6 Å². The van der Waals surface area contributed by atoms with Gasteiger partial charge in [0.2, 0.25) is 0 Å². The van der Waals surface area contributed by atoms with Crippen LogP contribution in [-0.2, 0) is 19.5 Å². The fourth-order valence-corrected chi connectivity index (χ4v) is 3.53. The molecule has 2 heterocycles. The van der Waals surface area contributed by atoms with E-state index < -0.39 is 0 Å². The molecule has 0 saturated carbocycles. The molecule has 2 N–H and O–H groups in total. The van der Waals surface area contributed by atoms with Crippen LogP contribution in [0.1, 0.15) is 39.6 Å². The summed E-state index contributed by atoms with van der Waals surface area (Å²) in [4.78, 5) is 16.9. The van der Waals surface area contributed by atoms with Gasteiger partial charge < -0.3 is 10.6 Å². The third-order valence-corrected chi connectivity index (χ3v) is 5.06. The molecule has 3 aromatic rings. The molecule has 0 spiro atoms. The van der Waals surface area contributed by atoms with E-state index in [1.807, 2.05) is 61.0 Å². The predicted octanol–water partition coefficient (Wildman–Crippen LogP) is 3.25. The van der Waals surface area contributed by atoms with Crippen molar-refractivity contribution in [2.75, 3.05) is 5.32 Å². The second kappa shape index (κ2) is 7.94. The Morgan fingerprint density at radius 3 is 2.82 bits per heavy atom. The minimum Gasteiger partial charge on any atom is -0.322 e. The maximum Gasteiger partial charge on any atom is 0.255 e. The quantitative estimate of drug-likeness (QED) is 0.718. The topological polar surface area (TPSA) is 71.8 Å². The van der Waals surface area contributed by atoms with Crippen LogP contribution in [0, 0.1) is 13.8 Å². The largest absolute Gasteiger partial charge is 0.322 e. The summed E-state index contributed by atoms with van der Waals surface area (Å²) < 4.78 is 2.01. The van der Waals surface area contributed by atoms with Gasteiger partial charge in [0.25, 0.3) is 5.91 Å². The van der Waals surface area contributed by atoms with Crippen molar-refractivity contribution in [3.05, 3.63) is 76.9 Å². The second-order valence-corrected chi connectivity index (χ2v) is 7.39. The summed E-state index contributed by atoms with van der Waals surface area (Å²) in [5, 5.41) is 11.0. The van der Waals surface area contributed by atoms with E-state index in [4.69, 9.17) is 0 Å². The summed E-state index contributed by atoms with van der Waals surface area (Å²) in [5.74, 6) is 1.83. The van der Waals surface area contributed by atoms with Crippen LogP contribution in [0.4, 0.5) is 5.69 Å². The number of aromatic nitrogens is 3. The minimum absolute atomic E-state index is 0.0912. The number of fused-ring (bicyclic) bond motifs is 1. The Bertz CT molecular complexity index is 977. The summed E-state index contributed by atoms with van der Waals surface area (Å²) >= 11 is 0. The molecular weight excluding hydrogens is 350 g/mol. The van der Waals surface area contributed by atoms with E-state index in [0.717, 1.165) is 54.4 Å². The molecule has 1 amide bonds. The average Bonchev–Trinajstić information content (AvgIpc) is 3.06. The zero-order valence-corrected chi connectivity index (χ0v) is 16.3. The molecule has 6 nitrogen and oxygen atoms in total. The van der Waals surface area contributed by atoms with E-state index >= 15 is 0 Å². The Morgan fingerprint density at radius 2 is 2.00 bits per heavy atom. The number of nitrogens with zero attached hydrogens (tertiary/aromatic N) is 3. The first-order chi connectivity index (χ1) is 13.6. The van der Waals surface area contributed by atoms with Crippen LogP contribution >= 0.6 is 0 Å². The van der Waals surface area contributed by atoms with Gasteiger partial charge >= 0.3 is 0 Å². The number of rotatable bonds is 5. The van der Waals surface area contributed by atoms with Gasteiger partial charge in [0.15, 0.2) is 0 Å². The van der Waals surface area contributed by atoms with Gasteiger partial charge in [-0.25, -0.2) is 9.67 Å². The van der Waals surface area contributed by atoms with Gasteiger partial charge in [0.1, 0.15) is 11.6 Å². The van der Waals surface area contributed by atoms with Crippen molar-refractivity contribution >= 4 is 11.6 Å². The molecule has 0 radical (unpaired) electrons. The first-order valence-corrected chi connectivity index (χ1v) is 9.67. The van der Waals surface area contributed by atoms with Crippen LogP contribution in [-0.4, -0.2) is 26.7 Å². The molecule has 1 aliphatic heterocycles. The number of amides is 1. The standard InChI is InChI=1S/C22H25N5O/c1-15-6-8-18(9-7-15)22(28)25-19-5-3-4-17(12-19)13-23-20-10-11-21-24-16(2)26-27(21)14-20/h3-9,12,20,23H,10-11,13-14H2,1-2H3,(H,25,28). The summed E-state index contributed by atoms with van der Waals surface area (Å²) in [6.45, 7) is 5.54. The fraction of sp³-hybridized carbons (Fsp3) is 0.318. The van der Waals surface area contributed by atoms with Crippen LogP contribution in [0.15, 0.2) is 48.5 Å². The van der Waals surface area contributed by atoms with Crippen molar-refractivity contribution in [3.8, 4) is 0 Å². The zero-order chi connectivity index (χ0) is 19.5. The van der Waals surface area contributed by atoms with Crippen molar-refractivity contribution in [1.82, 2.24) is 20.1 Å². The lowest BCUT2D eigenvalue weighted by Crippen LogP contribution is -2.37. The molecular formula is C22H25N5O. The highest BCUT2D eigenvalue weighted by molar-refractivity contribution is 6.04. The smallest absolute Gasteiger partial charge is 0.255 e. The molecule has 0 aliphatic carbocycles. The highest BCUT2D eigenvalue weighted by Gasteiger charge is 2.20. The normalized spacial score (nSPS) is 15.9. The van der Waals surface area contributed by atoms with Crippen molar-refractivity contribution < 1.29 is 4.79 Å². The number of nitrogens with one attached hydrogen (secondary N) is 2. The SMILES string of the molecule is Cc1ccc(C(=O)Nc2cccc(CNC3CCc4nc(C)nn4C3)c2)cc1. The summed E-state index contributed by atoms with van der Waals surface area (Å²) in [6.07, 6.45) is 2.01. The van der Waals surface area contributed by atoms with Gasteiger partial charge in [-0.2, -0.15) is 5.10 Å². The van der Waals surface area contributed by atoms with E-state index in [1.165, 1.54) is 0 Å². The third kappa shape index (κ3) is 4.28. The minimum atomic E-state index is -0.0912. The molecule has 1 aliphatic rings. The predicted molar refractivity (Wildman–Crippen MR) is 109 cm³/mol. The number of carbonyl (C=O) groups excluding carboxylic acids is 1. The van der Waals surface area contributed by atoms with Crippen molar-refractivity contribution in [1.29, 1.82) is 0 Å². The monoisotopic (exact) mass is 375 g/mol. The summed E-state index contributed by atoms with van der Waals surface area (Å²) in [6, 6.07) is 15.9. The number of benzene rings is 2. The van der Waals surface area contributed by atoms with Gasteiger partial charge in [0, 0.05) is 30.3 Å².